The molecule has 2 aromatic heterocycles. The molecule has 3 aromatic rings. The van der Waals surface area contributed by atoms with Crippen LogP contribution in [0.15, 0.2) is 30.6 Å². The second-order valence-electron chi connectivity index (χ2n) is 8.62. The molecule has 5 rings (SSSR count). The number of imidazole rings is 1. The van der Waals surface area contributed by atoms with Crippen molar-refractivity contribution in [2.45, 2.75) is 45.3 Å². The normalized spacial score (nSPS) is 19.4. The van der Waals surface area contributed by atoms with Gasteiger partial charge in [0.15, 0.2) is 0 Å². The summed E-state index contributed by atoms with van der Waals surface area (Å²) < 4.78 is 9.73. The molecule has 1 fully saturated rings. The third-order valence-electron chi connectivity index (χ3n) is 6.67. The average Bonchev–Trinajstić information content (AvgIpc) is 3.44. The van der Waals surface area contributed by atoms with Crippen molar-refractivity contribution in [3.05, 3.63) is 42.0 Å². The van der Waals surface area contributed by atoms with Gasteiger partial charge in [0.05, 0.1) is 29.9 Å². The quantitative estimate of drug-likeness (QED) is 0.637. The molecule has 2 aliphatic rings. The van der Waals surface area contributed by atoms with Gasteiger partial charge >= 0.3 is 6.09 Å². The molecule has 1 aromatic carbocycles. The maximum absolute atomic E-state index is 11.9. The van der Waals surface area contributed by atoms with Crippen LogP contribution in [0.5, 0.6) is 0 Å². The van der Waals surface area contributed by atoms with Gasteiger partial charge in [-0.05, 0) is 38.0 Å². The lowest BCUT2D eigenvalue weighted by Gasteiger charge is -2.33. The Kier molecular flexibility index (Phi) is 5.84. The highest BCUT2D eigenvalue weighted by molar-refractivity contribution is 5.94. The first kappa shape index (κ1) is 21.0. The van der Waals surface area contributed by atoms with Crippen LogP contribution < -0.4 is 4.90 Å². The molecule has 32 heavy (non-hydrogen) atoms. The minimum absolute atomic E-state index is 0.0276. The summed E-state index contributed by atoms with van der Waals surface area (Å²) >= 11 is 0. The molecule has 0 aliphatic carbocycles. The molecule has 2 aliphatic heterocycles. The fourth-order valence-electron chi connectivity index (χ4n) is 4.92. The van der Waals surface area contributed by atoms with E-state index in [0.717, 1.165) is 93.3 Å². The smallest absolute Gasteiger partial charge is 0.412 e. The van der Waals surface area contributed by atoms with Crippen molar-refractivity contribution in [1.82, 2.24) is 24.2 Å². The van der Waals surface area contributed by atoms with Crippen molar-refractivity contribution >= 4 is 22.8 Å². The second-order valence-corrected chi connectivity index (χ2v) is 8.62. The number of hydrogen-bond acceptors (Lipinski definition) is 5. The number of aromatic nitrogens is 4. The van der Waals surface area contributed by atoms with E-state index in [1.165, 1.54) is 4.90 Å². The van der Waals surface area contributed by atoms with Gasteiger partial charge in [0.2, 0.25) is 0 Å². The van der Waals surface area contributed by atoms with E-state index in [9.17, 15) is 9.90 Å². The molecule has 1 saturated heterocycles. The maximum atomic E-state index is 11.9. The van der Waals surface area contributed by atoms with Gasteiger partial charge < -0.3 is 14.4 Å². The Bertz CT molecular complexity index is 1090. The minimum atomic E-state index is -0.900. The lowest BCUT2D eigenvalue weighted by Crippen LogP contribution is -2.41. The second kappa shape index (κ2) is 8.91. The number of morpholine rings is 1. The molecule has 0 saturated carbocycles. The number of aryl methyl sites for hydroxylation is 3. The minimum Gasteiger partial charge on any atom is -0.465 e. The Hall–Kier alpha value is -2.91. The summed E-state index contributed by atoms with van der Waals surface area (Å²) in [6.45, 7) is 8.00. The first-order valence-corrected chi connectivity index (χ1v) is 11.4. The summed E-state index contributed by atoms with van der Waals surface area (Å²) in [4.78, 5) is 20.9. The van der Waals surface area contributed by atoms with Crippen LogP contribution in [0.3, 0.4) is 0 Å². The fourth-order valence-corrected chi connectivity index (χ4v) is 4.92. The lowest BCUT2D eigenvalue weighted by molar-refractivity contribution is 0.0364. The van der Waals surface area contributed by atoms with E-state index in [2.05, 4.69) is 14.6 Å². The summed E-state index contributed by atoms with van der Waals surface area (Å²) in [7, 11) is 0. The standard InChI is InChI=1S/C23H30N6O3/c1-17-3-4-18-19(29(17)23(30)31)5-6-20-22(18)25-21(7-10-27-9-2-8-24-27)28(20)12-11-26-13-15-32-16-14-26/h2,5-6,8-9,17H,3-4,7,10-16H2,1H3,(H,30,31). The highest BCUT2D eigenvalue weighted by Gasteiger charge is 2.30. The molecule has 0 spiro atoms. The number of amides is 1. The van der Waals surface area contributed by atoms with E-state index in [0.29, 0.717) is 0 Å². The van der Waals surface area contributed by atoms with Gasteiger partial charge in [-0.3, -0.25) is 14.5 Å². The SMILES string of the molecule is CC1CCc2c(ccc3c2nc(CCn2cccn2)n3CCN2CCOCC2)N1C(=O)O. The van der Waals surface area contributed by atoms with Crippen molar-refractivity contribution in [3.8, 4) is 0 Å². The van der Waals surface area contributed by atoms with Crippen LogP contribution in [0, 0.1) is 0 Å². The van der Waals surface area contributed by atoms with Crippen molar-refractivity contribution in [1.29, 1.82) is 0 Å². The summed E-state index contributed by atoms with van der Waals surface area (Å²) in [6, 6.07) is 5.91. The molecule has 1 amide bonds. The average molecular weight is 439 g/mol. The van der Waals surface area contributed by atoms with Gasteiger partial charge in [-0.1, -0.05) is 0 Å². The zero-order valence-corrected chi connectivity index (χ0v) is 18.5. The first-order chi connectivity index (χ1) is 15.6. The Labute approximate surface area is 187 Å². The predicted molar refractivity (Wildman–Crippen MR) is 121 cm³/mol. The van der Waals surface area contributed by atoms with Crippen LogP contribution in [0.25, 0.3) is 11.0 Å². The molecule has 9 heteroatoms. The first-order valence-electron chi connectivity index (χ1n) is 11.4. The van der Waals surface area contributed by atoms with Crippen molar-refractivity contribution in [3.63, 3.8) is 0 Å². The molecule has 1 unspecified atom stereocenters. The van der Waals surface area contributed by atoms with E-state index >= 15 is 0 Å². The Morgan fingerprint density at radius 1 is 1.22 bits per heavy atom. The number of fused-ring (bicyclic) bond motifs is 3. The Morgan fingerprint density at radius 2 is 2.06 bits per heavy atom. The van der Waals surface area contributed by atoms with Gasteiger partial charge in [0.1, 0.15) is 5.82 Å². The topological polar surface area (TPSA) is 88.7 Å². The van der Waals surface area contributed by atoms with Crippen LogP contribution in [0.4, 0.5) is 10.5 Å². The summed E-state index contributed by atoms with van der Waals surface area (Å²) in [5, 5.41) is 14.1. The zero-order chi connectivity index (χ0) is 22.1. The highest BCUT2D eigenvalue weighted by atomic mass is 16.5. The highest BCUT2D eigenvalue weighted by Crippen LogP contribution is 2.36. The van der Waals surface area contributed by atoms with Crippen molar-refractivity contribution in [2.24, 2.45) is 0 Å². The maximum Gasteiger partial charge on any atom is 0.412 e. The molecule has 170 valence electrons. The molecule has 0 bridgehead atoms. The Balaban J connectivity index is 1.50. The summed E-state index contributed by atoms with van der Waals surface area (Å²) in [5.74, 6) is 1.03. The summed E-state index contributed by atoms with van der Waals surface area (Å²) in [5.41, 5.74) is 3.86. The molecule has 9 nitrogen and oxygen atoms in total. The van der Waals surface area contributed by atoms with E-state index in [4.69, 9.17) is 9.72 Å². The molecule has 1 atom stereocenters. The number of anilines is 1. The number of ether oxygens (including phenoxy) is 1. The van der Waals surface area contributed by atoms with Gasteiger partial charge in [-0.25, -0.2) is 9.78 Å². The number of hydrogen-bond donors (Lipinski definition) is 1. The van der Waals surface area contributed by atoms with Gasteiger partial charge in [0.25, 0.3) is 0 Å². The van der Waals surface area contributed by atoms with Crippen LogP contribution >= 0.6 is 0 Å². The molecular formula is C23H30N6O3. The third kappa shape index (κ3) is 3.98. The van der Waals surface area contributed by atoms with Gasteiger partial charge in [-0.15, -0.1) is 0 Å². The molecule has 0 radical (unpaired) electrons. The van der Waals surface area contributed by atoms with E-state index in [-0.39, 0.29) is 6.04 Å². The van der Waals surface area contributed by atoms with Gasteiger partial charge in [0, 0.05) is 63.1 Å². The fraction of sp³-hybridized carbons (Fsp3) is 0.522. The van der Waals surface area contributed by atoms with Crippen LogP contribution in [0.1, 0.15) is 24.7 Å². The number of benzene rings is 1. The number of rotatable bonds is 6. The predicted octanol–water partition coefficient (Wildman–Crippen LogP) is 2.63. The van der Waals surface area contributed by atoms with Crippen molar-refractivity contribution in [2.75, 3.05) is 37.7 Å². The third-order valence-corrected chi connectivity index (χ3v) is 6.67. The number of nitrogens with zero attached hydrogens (tertiary/aromatic N) is 6. The number of carboxylic acid groups (broad SMARTS) is 1. The Morgan fingerprint density at radius 3 is 2.81 bits per heavy atom. The van der Waals surface area contributed by atoms with Crippen LogP contribution in [-0.2, 0) is 30.7 Å². The molecule has 1 N–H and O–H groups in total. The summed E-state index contributed by atoms with van der Waals surface area (Å²) in [6.07, 6.45) is 5.28. The molecular weight excluding hydrogens is 408 g/mol. The monoisotopic (exact) mass is 438 g/mol. The van der Waals surface area contributed by atoms with Gasteiger partial charge in [-0.2, -0.15) is 5.10 Å². The van der Waals surface area contributed by atoms with Crippen molar-refractivity contribution < 1.29 is 14.6 Å². The van der Waals surface area contributed by atoms with Crippen LogP contribution in [-0.4, -0.2) is 74.3 Å². The van der Waals surface area contributed by atoms with E-state index in [1.54, 1.807) is 6.20 Å². The van der Waals surface area contributed by atoms with E-state index < -0.39 is 6.09 Å². The zero-order valence-electron chi connectivity index (χ0n) is 18.5. The lowest BCUT2D eigenvalue weighted by atomic mass is 9.96. The van der Waals surface area contributed by atoms with Crippen LogP contribution in [0.2, 0.25) is 0 Å². The molecule has 4 heterocycles. The number of carbonyl (C=O) groups is 1. The van der Waals surface area contributed by atoms with E-state index in [1.807, 2.05) is 36.0 Å². The largest absolute Gasteiger partial charge is 0.465 e.